The molecule has 0 amide bonds. The molecule has 2 aliphatic rings. The zero-order valence-electron chi connectivity index (χ0n) is 14.9. The van der Waals surface area contributed by atoms with Crippen molar-refractivity contribution in [1.29, 1.82) is 0 Å². The van der Waals surface area contributed by atoms with Crippen LogP contribution in [0.4, 0.5) is 0 Å². The van der Waals surface area contributed by atoms with Crippen LogP contribution in [0.25, 0.3) is 0 Å². The number of unbranched alkanes of at least 4 members (excludes halogenated alkanes) is 6. The Morgan fingerprint density at radius 2 is 1.68 bits per heavy atom. The highest BCUT2D eigenvalue weighted by atomic mass is 32.2. The van der Waals surface area contributed by atoms with Crippen LogP contribution in [0, 0.1) is 5.92 Å². The summed E-state index contributed by atoms with van der Waals surface area (Å²) in [5.74, 6) is 0.516. The van der Waals surface area contributed by atoms with Crippen LogP contribution >= 0.6 is 24.4 Å². The largest absolute Gasteiger partial charge is 0.327 e. The Balaban J connectivity index is 0.000000239. The summed E-state index contributed by atoms with van der Waals surface area (Å²) in [6.45, 7) is 8.84. The van der Waals surface area contributed by atoms with Crippen LogP contribution in [0.3, 0.4) is 0 Å². The third-order valence-electron chi connectivity index (χ3n) is 4.76. The molecule has 1 aliphatic heterocycles. The van der Waals surface area contributed by atoms with E-state index < -0.39 is 0 Å². The number of aliphatic imine (C=N–C) groups is 1. The highest BCUT2D eigenvalue weighted by Crippen LogP contribution is 2.41. The van der Waals surface area contributed by atoms with Gasteiger partial charge in [0.15, 0.2) is 0 Å². The van der Waals surface area contributed by atoms with Gasteiger partial charge >= 0.3 is 0 Å². The van der Waals surface area contributed by atoms with Crippen LogP contribution in [-0.2, 0) is 0 Å². The molecular weight excluding hydrogens is 308 g/mol. The monoisotopic (exact) mass is 344 g/mol. The van der Waals surface area contributed by atoms with Gasteiger partial charge in [-0.1, -0.05) is 65.7 Å². The van der Waals surface area contributed by atoms with E-state index in [9.17, 15) is 0 Å². The first kappa shape index (κ1) is 20.4. The molecule has 0 aromatic heterocycles. The average Bonchev–Trinajstić information content (AvgIpc) is 2.86. The lowest BCUT2D eigenvalue weighted by Crippen LogP contribution is -2.49. The number of nitrogens with zero attached hydrogens (tertiary/aromatic N) is 1. The molecule has 1 saturated carbocycles. The van der Waals surface area contributed by atoms with Gasteiger partial charge in [0, 0.05) is 16.5 Å². The van der Waals surface area contributed by atoms with E-state index in [2.05, 4.69) is 45.3 Å². The summed E-state index contributed by atoms with van der Waals surface area (Å²) in [6, 6.07) is 0.709. The van der Waals surface area contributed by atoms with Crippen LogP contribution in [-0.4, -0.2) is 27.6 Å². The van der Waals surface area contributed by atoms with Gasteiger partial charge in [-0.15, -0.1) is 11.8 Å². The van der Waals surface area contributed by atoms with Gasteiger partial charge in [-0.2, -0.15) is 12.6 Å². The van der Waals surface area contributed by atoms with Crippen molar-refractivity contribution in [2.75, 3.05) is 0 Å². The molecule has 1 fully saturated rings. The molecule has 0 spiro atoms. The molecule has 22 heavy (non-hydrogen) atoms. The molecule has 0 saturated heterocycles. The first-order valence-corrected chi connectivity index (χ1v) is 10.6. The van der Waals surface area contributed by atoms with E-state index in [0.29, 0.717) is 22.5 Å². The van der Waals surface area contributed by atoms with Crippen molar-refractivity contribution < 1.29 is 0 Å². The second-order valence-electron chi connectivity index (χ2n) is 6.81. The molecule has 0 radical (unpaired) electrons. The zero-order chi connectivity index (χ0) is 16.5. The van der Waals surface area contributed by atoms with Crippen molar-refractivity contribution in [3.8, 4) is 0 Å². The zero-order valence-corrected chi connectivity index (χ0v) is 16.6. The fraction of sp³-hybridized carbons (Fsp3) is 0.944. The van der Waals surface area contributed by atoms with Crippen LogP contribution in [0.5, 0.6) is 0 Å². The Labute approximate surface area is 147 Å². The van der Waals surface area contributed by atoms with Crippen LogP contribution in [0.2, 0.25) is 0 Å². The maximum absolute atomic E-state index is 6.03. The van der Waals surface area contributed by atoms with Gasteiger partial charge in [-0.25, -0.2) is 0 Å². The van der Waals surface area contributed by atoms with Crippen molar-refractivity contribution in [1.82, 2.24) is 0 Å². The number of thioether (sulfide) groups is 1. The fourth-order valence-electron chi connectivity index (χ4n) is 3.29. The molecule has 2 rings (SSSR count). The number of hydrogen-bond donors (Lipinski definition) is 2. The molecule has 0 aromatic carbocycles. The van der Waals surface area contributed by atoms with Gasteiger partial charge in [-0.3, -0.25) is 4.99 Å². The Kier molecular flexibility index (Phi) is 10.2. The minimum atomic E-state index is 0.244. The maximum atomic E-state index is 6.03. The van der Waals surface area contributed by atoms with E-state index in [1.54, 1.807) is 0 Å². The summed E-state index contributed by atoms with van der Waals surface area (Å²) < 4.78 is 0. The highest BCUT2D eigenvalue weighted by molar-refractivity contribution is 8.14. The van der Waals surface area contributed by atoms with Crippen molar-refractivity contribution in [3.05, 3.63) is 0 Å². The molecule has 5 unspecified atom stereocenters. The van der Waals surface area contributed by atoms with E-state index in [-0.39, 0.29) is 6.04 Å². The number of rotatable bonds is 6. The molecule has 130 valence electrons. The molecule has 2 N–H and O–H groups in total. The first-order chi connectivity index (χ1) is 10.5. The van der Waals surface area contributed by atoms with E-state index in [1.807, 2.05) is 11.8 Å². The topological polar surface area (TPSA) is 38.4 Å². The van der Waals surface area contributed by atoms with E-state index in [0.717, 1.165) is 6.42 Å². The summed E-state index contributed by atoms with van der Waals surface area (Å²) >= 11 is 6.45. The number of hydrogen-bond acceptors (Lipinski definition) is 4. The van der Waals surface area contributed by atoms with Gasteiger partial charge < -0.3 is 5.73 Å². The Bertz CT molecular complexity index is 327. The summed E-state index contributed by atoms with van der Waals surface area (Å²) in [6.07, 6.45) is 11.0. The minimum Gasteiger partial charge on any atom is -0.327 e. The Morgan fingerprint density at radius 3 is 2.23 bits per heavy atom. The summed E-state index contributed by atoms with van der Waals surface area (Å²) in [4.78, 5) is 4.65. The van der Waals surface area contributed by atoms with E-state index in [4.69, 9.17) is 5.73 Å². The summed E-state index contributed by atoms with van der Waals surface area (Å²) in [5, 5.41) is 2.15. The Hall–Kier alpha value is 0.330. The van der Waals surface area contributed by atoms with Gasteiger partial charge in [0.05, 0.1) is 11.1 Å². The van der Waals surface area contributed by atoms with Crippen molar-refractivity contribution in [2.24, 2.45) is 16.6 Å². The highest BCUT2D eigenvalue weighted by Gasteiger charge is 2.42. The SMILES string of the molecule is CC1=NC2C(CC(N)C(S)C2C)S1.CCCCCCCCC. The smallest absolute Gasteiger partial charge is 0.0668 e. The van der Waals surface area contributed by atoms with Gasteiger partial charge in [0.25, 0.3) is 0 Å². The summed E-state index contributed by atoms with van der Waals surface area (Å²) in [5.41, 5.74) is 6.03. The standard InChI is InChI=1S/C9H16N2S2.C9H20/c1-4-8-7(13-5(2)11-8)3-6(10)9(4)12;1-3-5-7-9-8-6-4-2/h4,6-9,12H,3,10H2,1-2H3;3-9H2,1-2H3. The molecule has 0 bridgehead atoms. The number of nitrogens with two attached hydrogens (primary N) is 1. The molecule has 5 atom stereocenters. The van der Waals surface area contributed by atoms with E-state index in [1.165, 1.54) is 50.0 Å². The van der Waals surface area contributed by atoms with Crippen LogP contribution in [0.1, 0.15) is 79.1 Å². The lowest BCUT2D eigenvalue weighted by molar-refractivity contribution is 0.326. The van der Waals surface area contributed by atoms with Gasteiger partial charge in [0.2, 0.25) is 0 Å². The number of fused-ring (bicyclic) bond motifs is 1. The van der Waals surface area contributed by atoms with Crippen molar-refractivity contribution in [3.63, 3.8) is 0 Å². The number of thiol groups is 1. The second-order valence-corrected chi connectivity index (χ2v) is 8.84. The third-order valence-corrected chi connectivity index (χ3v) is 6.84. The molecule has 2 nitrogen and oxygen atoms in total. The lowest BCUT2D eigenvalue weighted by Gasteiger charge is -2.37. The molecule has 1 aliphatic carbocycles. The first-order valence-electron chi connectivity index (χ1n) is 9.15. The molecular formula is C18H36N2S2. The normalized spacial score (nSPS) is 33.7. The predicted molar refractivity (Wildman–Crippen MR) is 106 cm³/mol. The lowest BCUT2D eigenvalue weighted by atomic mass is 9.82. The third kappa shape index (κ3) is 6.45. The van der Waals surface area contributed by atoms with Crippen LogP contribution in [0.15, 0.2) is 4.99 Å². The summed E-state index contributed by atoms with van der Waals surface area (Å²) in [7, 11) is 0. The quantitative estimate of drug-likeness (QED) is 0.506. The minimum absolute atomic E-state index is 0.244. The van der Waals surface area contributed by atoms with E-state index >= 15 is 0 Å². The average molecular weight is 345 g/mol. The van der Waals surface area contributed by atoms with Gasteiger partial charge in [-0.05, 0) is 19.3 Å². The van der Waals surface area contributed by atoms with Crippen molar-refractivity contribution >= 4 is 29.4 Å². The second kappa shape index (κ2) is 11.0. The molecule has 4 heteroatoms. The molecule has 0 aromatic rings. The van der Waals surface area contributed by atoms with Gasteiger partial charge in [0.1, 0.15) is 0 Å². The van der Waals surface area contributed by atoms with Crippen LogP contribution < -0.4 is 5.73 Å². The Morgan fingerprint density at radius 1 is 1.14 bits per heavy atom. The maximum Gasteiger partial charge on any atom is 0.0668 e. The molecule has 1 heterocycles. The fourth-order valence-corrected chi connectivity index (χ4v) is 4.97. The van der Waals surface area contributed by atoms with Crippen molar-refractivity contribution in [2.45, 2.75) is 102 Å². The predicted octanol–water partition coefficient (Wildman–Crippen LogP) is 5.31.